The molecule has 5 heteroatoms. The van der Waals surface area contributed by atoms with Crippen LogP contribution in [0.3, 0.4) is 0 Å². The van der Waals surface area contributed by atoms with Crippen LogP contribution in [-0.4, -0.2) is 37.1 Å². The Labute approximate surface area is 151 Å². The molecule has 1 aromatic rings. The van der Waals surface area contributed by atoms with Gasteiger partial charge in [0, 0.05) is 25.0 Å². The highest BCUT2D eigenvalue weighted by atomic mass is 16.5. The van der Waals surface area contributed by atoms with Gasteiger partial charge in [0.25, 0.3) is 0 Å². The van der Waals surface area contributed by atoms with E-state index in [0.717, 1.165) is 55.7 Å². The molecule has 0 saturated heterocycles. The molecule has 25 heavy (non-hydrogen) atoms. The molecular formula is C20H32N2O3. The molecule has 2 rings (SSSR count). The number of benzene rings is 1. The third-order valence-corrected chi connectivity index (χ3v) is 4.69. The second kappa shape index (κ2) is 9.66. The Bertz CT molecular complexity index is 562. The molecule has 2 unspecified atom stereocenters. The van der Waals surface area contributed by atoms with E-state index in [0.29, 0.717) is 13.2 Å². The Balaban J connectivity index is 2.09. The summed E-state index contributed by atoms with van der Waals surface area (Å²) in [5.41, 5.74) is 7.04. The highest BCUT2D eigenvalue weighted by molar-refractivity contribution is 5.79. The van der Waals surface area contributed by atoms with Gasteiger partial charge in [0.15, 0.2) is 11.5 Å². The number of carbonyl (C=O) groups excluding carboxylic acids is 1. The van der Waals surface area contributed by atoms with Crippen LogP contribution in [0.5, 0.6) is 11.5 Å². The Morgan fingerprint density at radius 2 is 2.04 bits per heavy atom. The Kier molecular flexibility index (Phi) is 7.56. The van der Waals surface area contributed by atoms with Gasteiger partial charge in [-0.15, -0.1) is 0 Å². The van der Waals surface area contributed by atoms with Crippen molar-refractivity contribution in [3.8, 4) is 11.5 Å². The topological polar surface area (TPSA) is 64.8 Å². The largest absolute Gasteiger partial charge is 0.493 e. The summed E-state index contributed by atoms with van der Waals surface area (Å²) in [6.45, 7) is 6.20. The number of rotatable bonds is 9. The van der Waals surface area contributed by atoms with Crippen molar-refractivity contribution >= 4 is 5.91 Å². The van der Waals surface area contributed by atoms with Crippen molar-refractivity contribution in [1.29, 1.82) is 0 Å². The molecule has 1 saturated carbocycles. The molecule has 1 amide bonds. The van der Waals surface area contributed by atoms with Crippen LogP contribution in [0, 0.1) is 5.92 Å². The van der Waals surface area contributed by atoms with Crippen molar-refractivity contribution < 1.29 is 14.3 Å². The SMILES string of the molecule is CCCOc1ccc(CN(CCC)C(=O)C2CCC(N)C2)cc1OC. The zero-order valence-corrected chi connectivity index (χ0v) is 15.8. The summed E-state index contributed by atoms with van der Waals surface area (Å²) in [5, 5.41) is 0. The van der Waals surface area contributed by atoms with E-state index < -0.39 is 0 Å². The van der Waals surface area contributed by atoms with Crippen molar-refractivity contribution in [1.82, 2.24) is 4.90 Å². The van der Waals surface area contributed by atoms with E-state index in [1.807, 2.05) is 23.1 Å². The van der Waals surface area contributed by atoms with Gasteiger partial charge in [0.2, 0.25) is 5.91 Å². The maximum absolute atomic E-state index is 12.9. The number of nitrogens with two attached hydrogens (primary N) is 1. The van der Waals surface area contributed by atoms with E-state index in [4.69, 9.17) is 15.2 Å². The summed E-state index contributed by atoms with van der Waals surface area (Å²) in [6, 6.07) is 6.10. The molecule has 1 aliphatic rings. The van der Waals surface area contributed by atoms with Gasteiger partial charge in [-0.2, -0.15) is 0 Å². The van der Waals surface area contributed by atoms with Crippen molar-refractivity contribution in [2.24, 2.45) is 11.7 Å². The first-order valence-electron chi connectivity index (χ1n) is 9.43. The third-order valence-electron chi connectivity index (χ3n) is 4.69. The number of amides is 1. The average molecular weight is 348 g/mol. The fourth-order valence-electron chi connectivity index (χ4n) is 3.40. The molecule has 0 radical (unpaired) electrons. The predicted molar refractivity (Wildman–Crippen MR) is 99.8 cm³/mol. The first-order chi connectivity index (χ1) is 12.1. The molecule has 1 aliphatic carbocycles. The normalized spacial score (nSPS) is 19.7. The molecule has 0 aliphatic heterocycles. The van der Waals surface area contributed by atoms with Gasteiger partial charge in [-0.05, 0) is 49.8 Å². The number of nitrogens with zero attached hydrogens (tertiary/aromatic N) is 1. The molecule has 140 valence electrons. The van der Waals surface area contributed by atoms with Crippen LogP contribution >= 0.6 is 0 Å². The number of methoxy groups -OCH3 is 1. The summed E-state index contributed by atoms with van der Waals surface area (Å²) >= 11 is 0. The second-order valence-corrected chi connectivity index (χ2v) is 6.86. The smallest absolute Gasteiger partial charge is 0.226 e. The Morgan fingerprint density at radius 1 is 1.24 bits per heavy atom. The minimum absolute atomic E-state index is 0.0793. The van der Waals surface area contributed by atoms with Crippen LogP contribution in [0.15, 0.2) is 18.2 Å². The van der Waals surface area contributed by atoms with Crippen LogP contribution in [0.25, 0.3) is 0 Å². The number of carbonyl (C=O) groups is 1. The quantitative estimate of drug-likeness (QED) is 0.743. The lowest BCUT2D eigenvalue weighted by Crippen LogP contribution is -2.36. The van der Waals surface area contributed by atoms with Crippen molar-refractivity contribution in [2.75, 3.05) is 20.3 Å². The number of hydrogen-bond acceptors (Lipinski definition) is 4. The minimum Gasteiger partial charge on any atom is -0.493 e. The van der Waals surface area contributed by atoms with E-state index >= 15 is 0 Å². The van der Waals surface area contributed by atoms with E-state index in [-0.39, 0.29) is 17.9 Å². The summed E-state index contributed by atoms with van der Waals surface area (Å²) < 4.78 is 11.2. The van der Waals surface area contributed by atoms with E-state index in [1.165, 1.54) is 0 Å². The van der Waals surface area contributed by atoms with Gasteiger partial charge in [-0.25, -0.2) is 0 Å². The van der Waals surface area contributed by atoms with Gasteiger partial charge < -0.3 is 20.1 Å². The molecule has 2 N–H and O–H groups in total. The van der Waals surface area contributed by atoms with Crippen LogP contribution < -0.4 is 15.2 Å². The first-order valence-corrected chi connectivity index (χ1v) is 9.43. The fourth-order valence-corrected chi connectivity index (χ4v) is 3.40. The van der Waals surface area contributed by atoms with Crippen molar-refractivity contribution in [2.45, 2.75) is 58.5 Å². The summed E-state index contributed by atoms with van der Waals surface area (Å²) in [5.74, 6) is 1.79. The number of ether oxygens (including phenoxy) is 2. The monoisotopic (exact) mass is 348 g/mol. The zero-order chi connectivity index (χ0) is 18.2. The molecule has 1 aromatic carbocycles. The Hall–Kier alpha value is -1.75. The first kappa shape index (κ1) is 19.6. The van der Waals surface area contributed by atoms with E-state index in [9.17, 15) is 4.79 Å². The van der Waals surface area contributed by atoms with Gasteiger partial charge >= 0.3 is 0 Å². The molecule has 0 heterocycles. The molecule has 2 atom stereocenters. The summed E-state index contributed by atoms with van der Waals surface area (Å²) in [6.07, 6.45) is 4.57. The molecular weight excluding hydrogens is 316 g/mol. The van der Waals surface area contributed by atoms with E-state index in [1.54, 1.807) is 7.11 Å². The molecule has 1 fully saturated rings. The van der Waals surface area contributed by atoms with Crippen LogP contribution in [0.4, 0.5) is 0 Å². The summed E-state index contributed by atoms with van der Waals surface area (Å²) in [7, 11) is 1.65. The maximum atomic E-state index is 12.9. The van der Waals surface area contributed by atoms with Crippen molar-refractivity contribution in [3.63, 3.8) is 0 Å². The van der Waals surface area contributed by atoms with E-state index in [2.05, 4.69) is 13.8 Å². The standard InChI is InChI=1S/C20H32N2O3/c1-4-10-22(20(23)16-7-8-17(21)13-16)14-15-6-9-18(25-11-5-2)19(12-15)24-3/h6,9,12,16-17H,4-5,7-8,10-11,13-14,21H2,1-3H3. The predicted octanol–water partition coefficient (Wildman–Crippen LogP) is 3.35. The van der Waals surface area contributed by atoms with Crippen molar-refractivity contribution in [3.05, 3.63) is 23.8 Å². The molecule has 0 spiro atoms. The van der Waals surface area contributed by atoms with Gasteiger partial charge in [-0.1, -0.05) is 19.9 Å². The maximum Gasteiger partial charge on any atom is 0.226 e. The highest BCUT2D eigenvalue weighted by Crippen LogP contribution is 2.30. The molecule has 5 nitrogen and oxygen atoms in total. The third kappa shape index (κ3) is 5.36. The lowest BCUT2D eigenvalue weighted by molar-refractivity contribution is -0.136. The van der Waals surface area contributed by atoms with Crippen LogP contribution in [0.2, 0.25) is 0 Å². The van der Waals surface area contributed by atoms with Gasteiger partial charge in [0.1, 0.15) is 0 Å². The summed E-state index contributed by atoms with van der Waals surface area (Å²) in [4.78, 5) is 14.8. The average Bonchev–Trinajstić information content (AvgIpc) is 3.05. The highest BCUT2D eigenvalue weighted by Gasteiger charge is 2.30. The molecule has 0 aromatic heterocycles. The minimum atomic E-state index is 0.0793. The second-order valence-electron chi connectivity index (χ2n) is 6.86. The van der Waals surface area contributed by atoms with Gasteiger partial charge in [-0.3, -0.25) is 4.79 Å². The van der Waals surface area contributed by atoms with Crippen LogP contribution in [-0.2, 0) is 11.3 Å². The lowest BCUT2D eigenvalue weighted by Gasteiger charge is -2.26. The van der Waals surface area contributed by atoms with Gasteiger partial charge in [0.05, 0.1) is 13.7 Å². The lowest BCUT2D eigenvalue weighted by atomic mass is 10.1. The fraction of sp³-hybridized carbons (Fsp3) is 0.650. The van der Waals surface area contributed by atoms with Crippen LogP contribution in [0.1, 0.15) is 51.5 Å². The molecule has 0 bridgehead atoms. The zero-order valence-electron chi connectivity index (χ0n) is 15.8. The number of hydrogen-bond donors (Lipinski definition) is 1. The Morgan fingerprint density at radius 3 is 2.64 bits per heavy atom.